The summed E-state index contributed by atoms with van der Waals surface area (Å²) in [4.78, 5) is 30.4. The van der Waals surface area contributed by atoms with Crippen LogP contribution < -0.4 is 9.64 Å². The van der Waals surface area contributed by atoms with Gasteiger partial charge in [0.25, 0.3) is 11.8 Å². The molecule has 1 aliphatic rings. The smallest absolute Gasteiger partial charge is 0.282 e. The number of methoxy groups -OCH3 is 1. The second kappa shape index (κ2) is 9.28. The molecule has 0 atom stereocenters. The maximum Gasteiger partial charge on any atom is 0.282 e. The Morgan fingerprint density at radius 3 is 2.16 bits per heavy atom. The molecule has 0 N–H and O–H groups in total. The molecule has 4 rings (SSSR count). The predicted octanol–water partition coefficient (Wildman–Crippen LogP) is 5.16. The van der Waals surface area contributed by atoms with Crippen LogP contribution >= 0.6 is 11.6 Å². The minimum Gasteiger partial charge on any atom is -0.495 e. The van der Waals surface area contributed by atoms with Crippen LogP contribution in [0, 0.1) is 0 Å². The van der Waals surface area contributed by atoms with E-state index in [-0.39, 0.29) is 11.8 Å². The average molecular weight is 447 g/mol. The number of anilines is 1. The molecule has 0 aliphatic carbocycles. The highest BCUT2D eigenvalue weighted by atomic mass is 35.5. The van der Waals surface area contributed by atoms with Crippen molar-refractivity contribution in [1.82, 2.24) is 4.90 Å². The number of nitrogens with zero attached hydrogens (tertiary/aromatic N) is 2. The lowest BCUT2D eigenvalue weighted by Crippen LogP contribution is -2.35. The number of ether oxygens (including phenoxy) is 1. The molecule has 0 saturated carbocycles. The molecule has 162 valence electrons. The zero-order valence-corrected chi connectivity index (χ0v) is 18.7. The fraction of sp³-hybridized carbons (Fsp3) is 0.154. The van der Waals surface area contributed by atoms with Gasteiger partial charge in [0.1, 0.15) is 11.4 Å². The quantitative estimate of drug-likeness (QED) is 0.471. The highest BCUT2D eigenvalue weighted by molar-refractivity contribution is 6.45. The molecule has 1 heterocycles. The van der Waals surface area contributed by atoms with E-state index in [0.29, 0.717) is 46.4 Å². The van der Waals surface area contributed by atoms with Gasteiger partial charge in [-0.3, -0.25) is 9.59 Å². The topological polar surface area (TPSA) is 49.9 Å². The Balaban J connectivity index is 1.81. The van der Waals surface area contributed by atoms with Gasteiger partial charge in [0.05, 0.1) is 23.4 Å². The van der Waals surface area contributed by atoms with Crippen molar-refractivity contribution in [1.29, 1.82) is 0 Å². The SMILES string of the molecule is CCN(Cc1ccccc1)C1=C(c2ccccc2)C(=O)N(c2ccc(OC)c(Cl)c2)C1=O. The van der Waals surface area contributed by atoms with Crippen LogP contribution in [0.5, 0.6) is 5.75 Å². The Morgan fingerprint density at radius 2 is 1.56 bits per heavy atom. The van der Waals surface area contributed by atoms with Crippen LogP contribution in [-0.4, -0.2) is 30.4 Å². The monoisotopic (exact) mass is 446 g/mol. The summed E-state index contributed by atoms with van der Waals surface area (Å²) in [7, 11) is 1.52. The van der Waals surface area contributed by atoms with Crippen LogP contribution in [0.4, 0.5) is 5.69 Å². The van der Waals surface area contributed by atoms with Gasteiger partial charge in [-0.05, 0) is 36.2 Å². The summed E-state index contributed by atoms with van der Waals surface area (Å²) in [5.74, 6) is -0.262. The zero-order valence-electron chi connectivity index (χ0n) is 17.9. The third kappa shape index (κ3) is 3.99. The Kier molecular flexibility index (Phi) is 6.28. The van der Waals surface area contributed by atoms with Crippen molar-refractivity contribution in [3.05, 3.63) is 101 Å². The third-order valence-corrected chi connectivity index (χ3v) is 5.73. The molecule has 0 saturated heterocycles. The van der Waals surface area contributed by atoms with Crippen LogP contribution in [0.2, 0.25) is 5.02 Å². The van der Waals surface area contributed by atoms with Gasteiger partial charge in [0.2, 0.25) is 0 Å². The van der Waals surface area contributed by atoms with E-state index < -0.39 is 0 Å². The highest BCUT2D eigenvalue weighted by Crippen LogP contribution is 2.37. The minimum absolute atomic E-state index is 0.331. The molecule has 6 heteroatoms. The molecule has 0 aromatic heterocycles. The van der Waals surface area contributed by atoms with Crippen LogP contribution in [-0.2, 0) is 16.1 Å². The van der Waals surface area contributed by atoms with Gasteiger partial charge in [0, 0.05) is 13.1 Å². The van der Waals surface area contributed by atoms with Gasteiger partial charge in [-0.1, -0.05) is 72.3 Å². The van der Waals surface area contributed by atoms with E-state index >= 15 is 0 Å². The summed E-state index contributed by atoms with van der Waals surface area (Å²) in [6.07, 6.45) is 0. The first-order chi connectivity index (χ1) is 15.5. The largest absolute Gasteiger partial charge is 0.495 e. The van der Waals surface area contributed by atoms with Gasteiger partial charge < -0.3 is 9.64 Å². The number of carbonyl (C=O) groups excluding carboxylic acids is 2. The summed E-state index contributed by atoms with van der Waals surface area (Å²) in [6, 6.07) is 24.1. The van der Waals surface area contributed by atoms with Crippen LogP contribution in [0.15, 0.2) is 84.6 Å². The average Bonchev–Trinajstić information content (AvgIpc) is 3.08. The van der Waals surface area contributed by atoms with Gasteiger partial charge in [-0.25, -0.2) is 4.90 Å². The van der Waals surface area contributed by atoms with Crippen molar-refractivity contribution in [3.8, 4) is 5.75 Å². The number of benzene rings is 3. The number of likely N-dealkylation sites (N-methyl/N-ethyl adjacent to an activating group) is 1. The van der Waals surface area contributed by atoms with Gasteiger partial charge in [0.15, 0.2) is 0 Å². The Morgan fingerprint density at radius 1 is 0.906 bits per heavy atom. The minimum atomic E-state index is -0.371. The molecule has 2 amide bonds. The van der Waals surface area contributed by atoms with Gasteiger partial charge >= 0.3 is 0 Å². The van der Waals surface area contributed by atoms with E-state index in [4.69, 9.17) is 16.3 Å². The normalized spacial score (nSPS) is 13.7. The van der Waals surface area contributed by atoms with E-state index in [0.717, 1.165) is 5.56 Å². The second-order valence-electron chi connectivity index (χ2n) is 7.35. The molecule has 0 fully saturated rings. The molecule has 0 unspecified atom stereocenters. The number of halogens is 1. The number of imide groups is 1. The molecule has 32 heavy (non-hydrogen) atoms. The van der Waals surface area contributed by atoms with Gasteiger partial charge in [-0.2, -0.15) is 0 Å². The van der Waals surface area contributed by atoms with E-state index in [1.54, 1.807) is 18.2 Å². The second-order valence-corrected chi connectivity index (χ2v) is 7.76. The van der Waals surface area contributed by atoms with Crippen LogP contribution in [0.1, 0.15) is 18.1 Å². The summed E-state index contributed by atoms with van der Waals surface area (Å²) in [5, 5.41) is 0.331. The number of hydrogen-bond donors (Lipinski definition) is 0. The van der Waals surface area contributed by atoms with E-state index in [2.05, 4.69) is 0 Å². The molecular formula is C26H23ClN2O3. The van der Waals surface area contributed by atoms with Gasteiger partial charge in [-0.15, -0.1) is 0 Å². The van der Waals surface area contributed by atoms with Crippen molar-refractivity contribution >= 4 is 34.7 Å². The molecule has 5 nitrogen and oxygen atoms in total. The summed E-state index contributed by atoms with van der Waals surface area (Å²) in [5.41, 5.74) is 2.94. The Hall–Kier alpha value is -3.57. The Labute approximate surface area is 192 Å². The lowest BCUT2D eigenvalue weighted by Gasteiger charge is -2.25. The first kappa shape index (κ1) is 21.7. The summed E-state index contributed by atoms with van der Waals surface area (Å²) in [6.45, 7) is 3.05. The molecule has 0 radical (unpaired) electrons. The van der Waals surface area contributed by atoms with E-state index in [9.17, 15) is 9.59 Å². The highest BCUT2D eigenvalue weighted by Gasteiger charge is 2.42. The fourth-order valence-electron chi connectivity index (χ4n) is 3.86. The maximum atomic E-state index is 13.7. The zero-order chi connectivity index (χ0) is 22.7. The lowest BCUT2D eigenvalue weighted by molar-refractivity contribution is -0.120. The number of carbonyl (C=O) groups is 2. The third-order valence-electron chi connectivity index (χ3n) is 5.43. The van der Waals surface area contributed by atoms with Crippen LogP contribution in [0.3, 0.4) is 0 Å². The maximum absolute atomic E-state index is 13.7. The van der Waals surface area contributed by atoms with Crippen molar-refractivity contribution in [2.45, 2.75) is 13.5 Å². The number of hydrogen-bond acceptors (Lipinski definition) is 4. The van der Waals surface area contributed by atoms with Crippen molar-refractivity contribution in [3.63, 3.8) is 0 Å². The summed E-state index contributed by atoms with van der Waals surface area (Å²) < 4.78 is 5.21. The standard InChI is InChI=1S/C26H23ClN2O3/c1-3-28(17-18-10-6-4-7-11-18)24-23(19-12-8-5-9-13-19)25(30)29(26(24)31)20-14-15-22(32-2)21(27)16-20/h4-16H,3,17H2,1-2H3. The summed E-state index contributed by atoms with van der Waals surface area (Å²) >= 11 is 6.29. The first-order valence-corrected chi connectivity index (χ1v) is 10.7. The molecule has 3 aromatic carbocycles. The molecule has 3 aromatic rings. The lowest BCUT2D eigenvalue weighted by atomic mass is 10.0. The predicted molar refractivity (Wildman–Crippen MR) is 126 cm³/mol. The van der Waals surface area contributed by atoms with Crippen molar-refractivity contribution < 1.29 is 14.3 Å². The fourth-order valence-corrected chi connectivity index (χ4v) is 4.11. The van der Waals surface area contributed by atoms with E-state index in [1.165, 1.54) is 12.0 Å². The number of amides is 2. The van der Waals surface area contributed by atoms with Crippen LogP contribution in [0.25, 0.3) is 5.57 Å². The molecule has 1 aliphatic heterocycles. The van der Waals surface area contributed by atoms with E-state index in [1.807, 2.05) is 72.5 Å². The molecular weight excluding hydrogens is 424 g/mol. The molecule has 0 spiro atoms. The molecule has 0 bridgehead atoms. The van der Waals surface area contributed by atoms with Crippen molar-refractivity contribution in [2.24, 2.45) is 0 Å². The first-order valence-electron chi connectivity index (χ1n) is 10.4. The van der Waals surface area contributed by atoms with Crippen molar-refractivity contribution in [2.75, 3.05) is 18.6 Å². The number of rotatable bonds is 7. The Bertz CT molecular complexity index is 1180.